The zero-order valence-electron chi connectivity index (χ0n) is 16.1. The number of benzene rings is 2. The minimum atomic E-state index is -0.431. The Morgan fingerprint density at radius 3 is 2.61 bits per heavy atom. The van der Waals surface area contributed by atoms with Gasteiger partial charge in [-0.1, -0.05) is 67.9 Å². The van der Waals surface area contributed by atoms with Crippen LogP contribution in [0.1, 0.15) is 44.6 Å². The number of Topliss-reactive ketones (excluding diaryl/α,β-unsaturated/α-hetero) is 1. The molecule has 1 aliphatic rings. The molecule has 0 saturated carbocycles. The van der Waals surface area contributed by atoms with E-state index in [9.17, 15) is 4.79 Å². The summed E-state index contributed by atoms with van der Waals surface area (Å²) in [5, 5.41) is 0.239. The maximum Gasteiger partial charge on any atom is 0.181 e. The van der Waals surface area contributed by atoms with Gasteiger partial charge in [-0.05, 0) is 54.0 Å². The van der Waals surface area contributed by atoms with Gasteiger partial charge in [-0.15, -0.1) is 0 Å². The highest BCUT2D eigenvalue weighted by Crippen LogP contribution is 2.39. The van der Waals surface area contributed by atoms with Gasteiger partial charge in [0.2, 0.25) is 0 Å². The van der Waals surface area contributed by atoms with Crippen LogP contribution in [0.25, 0.3) is 0 Å². The fourth-order valence-corrected chi connectivity index (χ4v) is 3.81. The number of rotatable bonds is 7. The first-order valence-electron chi connectivity index (χ1n) is 9.62. The Balaban J connectivity index is 1.86. The van der Waals surface area contributed by atoms with E-state index in [-0.39, 0.29) is 28.4 Å². The van der Waals surface area contributed by atoms with Gasteiger partial charge in [0.15, 0.2) is 17.3 Å². The lowest BCUT2D eigenvalue weighted by Gasteiger charge is -2.24. The Morgan fingerprint density at radius 1 is 1.18 bits per heavy atom. The van der Waals surface area contributed by atoms with Crippen molar-refractivity contribution in [3.05, 3.63) is 82.7 Å². The third-order valence-electron chi connectivity index (χ3n) is 5.18. The Morgan fingerprint density at radius 2 is 1.93 bits per heavy atom. The summed E-state index contributed by atoms with van der Waals surface area (Å²) in [6, 6.07) is 12.4. The van der Waals surface area contributed by atoms with Crippen LogP contribution in [-0.4, -0.2) is 5.78 Å². The van der Waals surface area contributed by atoms with E-state index in [1.807, 2.05) is 50.3 Å². The van der Waals surface area contributed by atoms with Crippen LogP contribution >= 0.6 is 11.6 Å². The van der Waals surface area contributed by atoms with E-state index >= 15 is 4.39 Å². The minimum Gasteiger partial charge on any atom is -0.453 e. The van der Waals surface area contributed by atoms with Crippen molar-refractivity contribution in [2.75, 3.05) is 0 Å². The lowest BCUT2D eigenvalue weighted by Crippen LogP contribution is -2.15. The molecule has 2 aromatic rings. The number of hydrogen-bond donors (Lipinski definition) is 0. The Kier molecular flexibility index (Phi) is 6.69. The van der Waals surface area contributed by atoms with Crippen molar-refractivity contribution in [2.24, 2.45) is 5.92 Å². The summed E-state index contributed by atoms with van der Waals surface area (Å²) in [5.41, 5.74) is 1.39. The van der Waals surface area contributed by atoms with Gasteiger partial charge in [-0.25, -0.2) is 4.39 Å². The molecule has 3 rings (SSSR count). The highest BCUT2D eigenvalue weighted by Gasteiger charge is 2.25. The number of ketones is 1. The maximum absolute atomic E-state index is 15.3. The summed E-state index contributed by atoms with van der Waals surface area (Å²) in [4.78, 5) is 12.2. The second-order valence-corrected chi connectivity index (χ2v) is 7.52. The van der Waals surface area contributed by atoms with Gasteiger partial charge in [-0.3, -0.25) is 4.79 Å². The van der Waals surface area contributed by atoms with Crippen LogP contribution in [-0.2, 0) is 4.79 Å². The predicted molar refractivity (Wildman–Crippen MR) is 112 cm³/mol. The smallest absolute Gasteiger partial charge is 0.181 e. The number of hydrogen-bond acceptors (Lipinski definition) is 2. The second kappa shape index (κ2) is 9.20. The molecule has 2 nitrogen and oxygen atoms in total. The summed E-state index contributed by atoms with van der Waals surface area (Å²) >= 11 is 6.22. The van der Waals surface area contributed by atoms with E-state index in [1.165, 1.54) is 0 Å². The first-order chi connectivity index (χ1) is 13.5. The van der Waals surface area contributed by atoms with Crippen molar-refractivity contribution < 1.29 is 13.9 Å². The van der Waals surface area contributed by atoms with Crippen molar-refractivity contribution in [3.8, 4) is 11.5 Å². The topological polar surface area (TPSA) is 26.3 Å². The normalized spacial score (nSPS) is 15.9. The molecule has 0 heterocycles. The van der Waals surface area contributed by atoms with E-state index in [0.717, 1.165) is 12.0 Å². The highest BCUT2D eigenvalue weighted by atomic mass is 35.5. The van der Waals surface area contributed by atoms with Crippen LogP contribution in [0.3, 0.4) is 0 Å². The molecule has 0 N–H and O–H groups in total. The number of para-hydroxylation sites is 1. The van der Waals surface area contributed by atoms with Crippen LogP contribution < -0.4 is 4.74 Å². The molecule has 28 heavy (non-hydrogen) atoms. The van der Waals surface area contributed by atoms with Gasteiger partial charge in [-0.2, -0.15) is 0 Å². The molecule has 0 bridgehead atoms. The molecule has 0 unspecified atom stereocenters. The summed E-state index contributed by atoms with van der Waals surface area (Å²) in [5.74, 6) is 0.314. The number of ether oxygens (including phenoxy) is 1. The van der Waals surface area contributed by atoms with Crippen molar-refractivity contribution in [1.82, 2.24) is 0 Å². The van der Waals surface area contributed by atoms with Crippen molar-refractivity contribution in [2.45, 2.75) is 39.0 Å². The first kappa shape index (κ1) is 20.3. The second-order valence-electron chi connectivity index (χ2n) is 7.11. The largest absolute Gasteiger partial charge is 0.453 e. The Bertz CT molecular complexity index is 902. The summed E-state index contributed by atoms with van der Waals surface area (Å²) in [7, 11) is 0. The molecule has 0 spiro atoms. The van der Waals surface area contributed by atoms with Crippen LogP contribution in [0.15, 0.2) is 66.3 Å². The average molecular weight is 399 g/mol. The van der Waals surface area contributed by atoms with E-state index in [2.05, 4.69) is 0 Å². The molecule has 0 fully saturated rings. The molecule has 0 aliphatic heterocycles. The van der Waals surface area contributed by atoms with Gasteiger partial charge in [0.1, 0.15) is 5.75 Å². The lowest BCUT2D eigenvalue weighted by atomic mass is 9.81. The van der Waals surface area contributed by atoms with E-state index < -0.39 is 5.82 Å². The monoisotopic (exact) mass is 398 g/mol. The molecule has 2 aromatic carbocycles. The van der Waals surface area contributed by atoms with Crippen LogP contribution in [0, 0.1) is 11.7 Å². The molecule has 0 saturated heterocycles. The molecule has 0 aromatic heterocycles. The van der Waals surface area contributed by atoms with E-state index in [0.29, 0.717) is 24.2 Å². The lowest BCUT2D eigenvalue weighted by molar-refractivity contribution is -0.115. The van der Waals surface area contributed by atoms with Gasteiger partial charge < -0.3 is 4.74 Å². The third-order valence-corrected chi connectivity index (χ3v) is 5.48. The number of carbonyl (C=O) groups is 1. The number of halogens is 2. The molecular weight excluding hydrogens is 375 g/mol. The molecule has 4 heteroatoms. The van der Waals surface area contributed by atoms with E-state index in [1.54, 1.807) is 24.3 Å². The van der Waals surface area contributed by atoms with Gasteiger partial charge in [0, 0.05) is 6.42 Å². The zero-order valence-corrected chi connectivity index (χ0v) is 16.9. The third kappa shape index (κ3) is 4.53. The Labute approximate surface area is 170 Å². The number of carbonyl (C=O) groups excluding carboxylic acids is 1. The fraction of sp³-hybridized carbons (Fsp3) is 0.292. The quantitative estimate of drug-likeness (QED) is 0.491. The van der Waals surface area contributed by atoms with Crippen molar-refractivity contribution in [1.29, 1.82) is 0 Å². The zero-order chi connectivity index (χ0) is 20.1. The molecule has 146 valence electrons. The summed E-state index contributed by atoms with van der Waals surface area (Å²) in [6.07, 6.45) is 7.55. The van der Waals surface area contributed by atoms with Gasteiger partial charge in [0.05, 0.1) is 5.02 Å². The van der Waals surface area contributed by atoms with Crippen LogP contribution in [0.2, 0.25) is 5.02 Å². The molecular formula is C24H24ClFO2. The molecule has 1 aliphatic carbocycles. The van der Waals surface area contributed by atoms with Crippen LogP contribution in [0.5, 0.6) is 11.5 Å². The Hall–Kier alpha value is -2.39. The summed E-state index contributed by atoms with van der Waals surface area (Å²) in [6.45, 7) is 4.06. The van der Waals surface area contributed by atoms with E-state index in [4.69, 9.17) is 16.3 Å². The predicted octanol–water partition coefficient (Wildman–Crippen LogP) is 7.25. The molecule has 0 amide bonds. The van der Waals surface area contributed by atoms with Crippen molar-refractivity contribution >= 4 is 17.4 Å². The highest BCUT2D eigenvalue weighted by molar-refractivity contribution is 6.32. The molecule has 0 radical (unpaired) electrons. The number of allylic oxidation sites excluding steroid dienone is 4. The molecule has 2 atom stereocenters. The average Bonchev–Trinajstić information content (AvgIpc) is 2.71. The SMILES string of the molecule is CC[C@@H](C[C@H](C)C1=CC=CCC1=O)c1ccc(Cl)c(Oc2ccccc2)c1F. The van der Waals surface area contributed by atoms with Gasteiger partial charge >= 0.3 is 0 Å². The fourth-order valence-electron chi connectivity index (χ4n) is 3.63. The van der Waals surface area contributed by atoms with Gasteiger partial charge in [0.25, 0.3) is 0 Å². The minimum absolute atomic E-state index is 0.0370. The van der Waals surface area contributed by atoms with Crippen molar-refractivity contribution in [3.63, 3.8) is 0 Å². The summed E-state index contributed by atoms with van der Waals surface area (Å²) < 4.78 is 21.1. The van der Waals surface area contributed by atoms with Crippen LogP contribution in [0.4, 0.5) is 4.39 Å². The maximum atomic E-state index is 15.3. The first-order valence-corrected chi connectivity index (χ1v) is 9.99. The standard InChI is InChI=1S/C24H24ClFO2/c1-3-17(15-16(2)19-11-7-8-12-22(19)27)20-13-14-21(25)24(23(20)26)28-18-9-5-4-6-10-18/h4-11,13-14,16-17H,3,12,15H2,1-2H3/t16-,17-/m0/s1.